The van der Waals surface area contributed by atoms with E-state index in [0.29, 0.717) is 5.41 Å². The number of hydrogen-bond donors (Lipinski definition) is 0. The molecule has 0 spiro atoms. The first-order chi connectivity index (χ1) is 5.49. The zero-order valence-electron chi connectivity index (χ0n) is 8.22. The molecule has 0 aliphatic carbocycles. The minimum atomic E-state index is 0.353. The molecule has 1 rings (SSSR count). The van der Waals surface area contributed by atoms with Crippen LogP contribution in [0.15, 0.2) is 4.63 Å². The Morgan fingerprint density at radius 2 is 1.92 bits per heavy atom. The van der Waals surface area contributed by atoms with E-state index >= 15 is 0 Å². The van der Waals surface area contributed by atoms with Crippen LogP contribution in [-0.4, -0.2) is 10.3 Å². The van der Waals surface area contributed by atoms with Crippen LogP contribution in [0.25, 0.3) is 0 Å². The fraction of sp³-hybridized carbons (Fsp3) is 0.778. The lowest BCUT2D eigenvalue weighted by atomic mass is 9.90. The Morgan fingerprint density at radius 3 is 2.33 bits per heavy atom. The van der Waals surface area contributed by atoms with Crippen molar-refractivity contribution in [1.82, 2.24) is 10.3 Å². The smallest absolute Gasteiger partial charge is 0.108 e. The molecule has 0 bridgehead atoms. The second kappa shape index (κ2) is 3.25. The van der Waals surface area contributed by atoms with Gasteiger partial charge in [0, 0.05) is 0 Å². The van der Waals surface area contributed by atoms with E-state index in [1.54, 1.807) is 0 Å². The van der Waals surface area contributed by atoms with Crippen LogP contribution in [-0.2, 0) is 6.42 Å². The van der Waals surface area contributed by atoms with Crippen molar-refractivity contribution in [2.75, 3.05) is 0 Å². The average molecular weight is 168 g/mol. The highest BCUT2D eigenvalue weighted by molar-refractivity contribution is 5.04. The molecule has 68 valence electrons. The molecule has 0 saturated carbocycles. The van der Waals surface area contributed by atoms with Crippen molar-refractivity contribution in [2.24, 2.45) is 5.41 Å². The van der Waals surface area contributed by atoms with Gasteiger partial charge in [-0.2, -0.15) is 0 Å². The average Bonchev–Trinajstić information content (AvgIpc) is 2.29. The zero-order valence-corrected chi connectivity index (χ0v) is 8.22. The zero-order chi connectivity index (χ0) is 9.19. The SMILES string of the molecule is Cc1nonc1CCC(C)(C)C. The molecule has 0 aliphatic rings. The molecule has 1 heterocycles. The van der Waals surface area contributed by atoms with Gasteiger partial charge in [0.25, 0.3) is 0 Å². The molecular formula is C9H16N2O. The number of aryl methyl sites for hydroxylation is 2. The Hall–Kier alpha value is -0.860. The summed E-state index contributed by atoms with van der Waals surface area (Å²) in [4.78, 5) is 0. The van der Waals surface area contributed by atoms with Gasteiger partial charge in [-0.1, -0.05) is 31.1 Å². The lowest BCUT2D eigenvalue weighted by Crippen LogP contribution is -2.06. The Morgan fingerprint density at radius 1 is 1.25 bits per heavy atom. The van der Waals surface area contributed by atoms with E-state index in [4.69, 9.17) is 0 Å². The molecule has 0 N–H and O–H groups in total. The lowest BCUT2D eigenvalue weighted by Gasteiger charge is -2.16. The number of aromatic nitrogens is 2. The van der Waals surface area contributed by atoms with E-state index in [0.717, 1.165) is 24.2 Å². The quantitative estimate of drug-likeness (QED) is 0.680. The first-order valence-corrected chi connectivity index (χ1v) is 4.27. The number of rotatable bonds is 2. The van der Waals surface area contributed by atoms with Crippen LogP contribution in [0, 0.1) is 12.3 Å². The summed E-state index contributed by atoms with van der Waals surface area (Å²) in [6.45, 7) is 8.58. The summed E-state index contributed by atoms with van der Waals surface area (Å²) >= 11 is 0. The highest BCUT2D eigenvalue weighted by Crippen LogP contribution is 2.21. The Kier molecular flexibility index (Phi) is 2.50. The van der Waals surface area contributed by atoms with Crippen molar-refractivity contribution >= 4 is 0 Å². The number of nitrogens with zero attached hydrogens (tertiary/aromatic N) is 2. The van der Waals surface area contributed by atoms with Gasteiger partial charge in [-0.15, -0.1) is 0 Å². The monoisotopic (exact) mass is 168 g/mol. The first kappa shape index (κ1) is 9.23. The van der Waals surface area contributed by atoms with Crippen molar-refractivity contribution in [3.63, 3.8) is 0 Å². The topological polar surface area (TPSA) is 38.9 Å². The maximum absolute atomic E-state index is 4.61. The standard InChI is InChI=1S/C9H16N2O/c1-7-8(11-12-10-7)5-6-9(2,3)4/h5-6H2,1-4H3. The summed E-state index contributed by atoms with van der Waals surface area (Å²) in [5.74, 6) is 0. The van der Waals surface area contributed by atoms with Gasteiger partial charge in [0.2, 0.25) is 0 Å². The molecule has 0 radical (unpaired) electrons. The fourth-order valence-corrected chi connectivity index (χ4v) is 0.970. The van der Waals surface area contributed by atoms with Crippen LogP contribution >= 0.6 is 0 Å². The van der Waals surface area contributed by atoms with Gasteiger partial charge >= 0.3 is 0 Å². The van der Waals surface area contributed by atoms with E-state index in [-0.39, 0.29) is 0 Å². The van der Waals surface area contributed by atoms with Crippen molar-refractivity contribution in [3.8, 4) is 0 Å². The lowest BCUT2D eigenvalue weighted by molar-refractivity contribution is 0.298. The Bertz CT molecular complexity index is 247. The second-order valence-corrected chi connectivity index (χ2v) is 4.36. The third-order valence-electron chi connectivity index (χ3n) is 1.86. The van der Waals surface area contributed by atoms with Gasteiger partial charge in [-0.3, -0.25) is 0 Å². The highest BCUT2D eigenvalue weighted by atomic mass is 16.6. The summed E-state index contributed by atoms with van der Waals surface area (Å²) in [6, 6.07) is 0. The fourth-order valence-electron chi connectivity index (χ4n) is 0.970. The van der Waals surface area contributed by atoms with Crippen LogP contribution in [0.3, 0.4) is 0 Å². The van der Waals surface area contributed by atoms with Crippen LogP contribution in [0.5, 0.6) is 0 Å². The molecule has 3 heteroatoms. The molecule has 3 nitrogen and oxygen atoms in total. The molecule has 0 fully saturated rings. The summed E-state index contributed by atoms with van der Waals surface area (Å²) in [5, 5.41) is 7.56. The van der Waals surface area contributed by atoms with Gasteiger partial charge in [0.05, 0.1) is 0 Å². The van der Waals surface area contributed by atoms with Gasteiger partial charge < -0.3 is 0 Å². The van der Waals surface area contributed by atoms with Gasteiger partial charge in [0.1, 0.15) is 11.4 Å². The Balaban J connectivity index is 2.49. The van der Waals surface area contributed by atoms with E-state index in [1.165, 1.54) is 0 Å². The van der Waals surface area contributed by atoms with E-state index < -0.39 is 0 Å². The maximum Gasteiger partial charge on any atom is 0.108 e. The molecule has 1 aromatic heterocycles. The van der Waals surface area contributed by atoms with Crippen LogP contribution in [0.2, 0.25) is 0 Å². The summed E-state index contributed by atoms with van der Waals surface area (Å²) < 4.78 is 4.61. The van der Waals surface area contributed by atoms with Crippen LogP contribution < -0.4 is 0 Å². The highest BCUT2D eigenvalue weighted by Gasteiger charge is 2.13. The van der Waals surface area contributed by atoms with Gasteiger partial charge in [-0.05, 0) is 25.2 Å². The van der Waals surface area contributed by atoms with Crippen LogP contribution in [0.4, 0.5) is 0 Å². The molecule has 0 aromatic carbocycles. The molecular weight excluding hydrogens is 152 g/mol. The first-order valence-electron chi connectivity index (χ1n) is 4.27. The molecule has 0 unspecified atom stereocenters. The minimum Gasteiger partial charge on any atom is -0.244 e. The summed E-state index contributed by atoms with van der Waals surface area (Å²) in [5.41, 5.74) is 2.26. The normalized spacial score (nSPS) is 12.0. The summed E-state index contributed by atoms with van der Waals surface area (Å²) in [7, 11) is 0. The van der Waals surface area contributed by atoms with Crippen molar-refractivity contribution in [3.05, 3.63) is 11.4 Å². The van der Waals surface area contributed by atoms with Gasteiger partial charge in [0.15, 0.2) is 0 Å². The van der Waals surface area contributed by atoms with Crippen LogP contribution in [0.1, 0.15) is 38.6 Å². The second-order valence-electron chi connectivity index (χ2n) is 4.36. The molecule has 0 saturated heterocycles. The largest absolute Gasteiger partial charge is 0.244 e. The predicted octanol–water partition coefficient (Wildman–Crippen LogP) is 2.36. The number of hydrogen-bond acceptors (Lipinski definition) is 3. The van der Waals surface area contributed by atoms with Crippen molar-refractivity contribution in [1.29, 1.82) is 0 Å². The van der Waals surface area contributed by atoms with Crippen molar-refractivity contribution in [2.45, 2.75) is 40.5 Å². The van der Waals surface area contributed by atoms with E-state index in [2.05, 4.69) is 35.7 Å². The third kappa shape index (κ3) is 2.64. The van der Waals surface area contributed by atoms with E-state index in [1.807, 2.05) is 6.92 Å². The third-order valence-corrected chi connectivity index (χ3v) is 1.86. The van der Waals surface area contributed by atoms with E-state index in [9.17, 15) is 0 Å². The van der Waals surface area contributed by atoms with Gasteiger partial charge in [-0.25, -0.2) is 4.63 Å². The molecule has 0 atom stereocenters. The molecule has 12 heavy (non-hydrogen) atoms. The Labute approximate surface area is 73.1 Å². The van der Waals surface area contributed by atoms with Crippen molar-refractivity contribution < 1.29 is 4.63 Å². The molecule has 0 aliphatic heterocycles. The molecule has 0 amide bonds. The predicted molar refractivity (Wildman–Crippen MR) is 46.8 cm³/mol. The summed E-state index contributed by atoms with van der Waals surface area (Å²) in [6.07, 6.45) is 2.07. The maximum atomic E-state index is 4.61. The minimum absolute atomic E-state index is 0.353. The molecule has 1 aromatic rings.